The lowest BCUT2D eigenvalue weighted by molar-refractivity contribution is -0.120. The summed E-state index contributed by atoms with van der Waals surface area (Å²) in [6.07, 6.45) is 17.3. The Balaban J connectivity index is 0.00000541. The van der Waals surface area contributed by atoms with Gasteiger partial charge in [-0.2, -0.15) is 5.26 Å². The van der Waals surface area contributed by atoms with Crippen molar-refractivity contribution < 1.29 is 14.3 Å². The third-order valence-electron chi connectivity index (χ3n) is 11.0. The van der Waals surface area contributed by atoms with Gasteiger partial charge < -0.3 is 20.1 Å². The summed E-state index contributed by atoms with van der Waals surface area (Å²) in [5.41, 5.74) is 4.38. The fourth-order valence-corrected chi connectivity index (χ4v) is 7.83. The molecule has 0 bridgehead atoms. The van der Waals surface area contributed by atoms with E-state index in [4.69, 9.17) is 9.47 Å². The van der Waals surface area contributed by atoms with E-state index in [2.05, 4.69) is 55.7 Å². The number of allylic oxidation sites excluding steroid dienone is 5. The van der Waals surface area contributed by atoms with Crippen molar-refractivity contribution in [3.8, 4) is 17.6 Å². The summed E-state index contributed by atoms with van der Waals surface area (Å²) in [4.78, 5) is 13.1. The standard InChI is InChI=1S/C42H55N3O3.CH4/c1-6-9-14-33(27-43)39(30(4)8-3)48-35-21-19-31(20-22-35)26-41(5,23-7-2)44-28-34(32-15-12-16-32)29-47-37-18-13-17-36-38(37)42(40(46)45-36)24-10-11-25-42;/h6,9,13-14,17-22,32,34,44H,7-8,10-12,15-16,23-26,28-29H2,1-5H3,(H,45,46);1H4/b9-6-,33-14-,39-30-;. The molecule has 5 rings (SSSR count). The highest BCUT2D eigenvalue weighted by molar-refractivity contribution is 6.07. The van der Waals surface area contributed by atoms with E-state index in [-0.39, 0.29) is 18.9 Å². The van der Waals surface area contributed by atoms with Gasteiger partial charge in [0.2, 0.25) is 5.91 Å². The third kappa shape index (κ3) is 8.68. The SMILES string of the molecule is C.C\C=C/C=C(C#N)\C(Oc1ccc(CC(C)(CCC)NCC(COc2cccc3c2C2(CCCC2)C(=O)N3)C2CCC2)cc1)=C(/C)CC. The van der Waals surface area contributed by atoms with E-state index in [0.29, 0.717) is 29.8 Å². The van der Waals surface area contributed by atoms with Crippen LogP contribution in [0.1, 0.15) is 117 Å². The van der Waals surface area contributed by atoms with Gasteiger partial charge in [0.05, 0.1) is 17.6 Å². The van der Waals surface area contributed by atoms with Crippen LogP contribution in [0.25, 0.3) is 0 Å². The second-order valence-corrected chi connectivity index (χ2v) is 14.5. The molecule has 2 aliphatic carbocycles. The van der Waals surface area contributed by atoms with Gasteiger partial charge in [-0.25, -0.2) is 0 Å². The van der Waals surface area contributed by atoms with Crippen LogP contribution in [0.2, 0.25) is 0 Å². The van der Waals surface area contributed by atoms with Gasteiger partial charge in [0.25, 0.3) is 0 Å². The highest BCUT2D eigenvalue weighted by Crippen LogP contribution is 2.52. The number of carbonyl (C=O) groups is 1. The van der Waals surface area contributed by atoms with Crippen molar-refractivity contribution in [2.75, 3.05) is 18.5 Å². The van der Waals surface area contributed by atoms with Crippen LogP contribution in [-0.2, 0) is 16.6 Å². The number of anilines is 1. The first-order valence-corrected chi connectivity index (χ1v) is 18.3. The maximum absolute atomic E-state index is 13.1. The lowest BCUT2D eigenvalue weighted by Crippen LogP contribution is -2.48. The van der Waals surface area contributed by atoms with Crippen LogP contribution in [0.5, 0.6) is 11.5 Å². The maximum atomic E-state index is 13.1. The van der Waals surface area contributed by atoms with Crippen LogP contribution in [0.3, 0.4) is 0 Å². The van der Waals surface area contributed by atoms with E-state index in [0.717, 1.165) is 86.2 Å². The number of nitriles is 1. The molecule has 1 amide bonds. The number of fused-ring (bicyclic) bond motifs is 2. The molecule has 0 radical (unpaired) electrons. The van der Waals surface area contributed by atoms with Crippen molar-refractivity contribution in [3.63, 3.8) is 0 Å². The van der Waals surface area contributed by atoms with E-state index >= 15 is 0 Å². The molecule has 6 heteroatoms. The van der Waals surface area contributed by atoms with Crippen LogP contribution < -0.4 is 20.1 Å². The number of benzene rings is 2. The van der Waals surface area contributed by atoms with Crippen LogP contribution in [-0.4, -0.2) is 24.6 Å². The highest BCUT2D eigenvalue weighted by atomic mass is 16.5. The Labute approximate surface area is 296 Å². The zero-order valence-electron chi connectivity index (χ0n) is 29.8. The number of nitrogens with one attached hydrogen (secondary N) is 2. The van der Waals surface area contributed by atoms with E-state index in [9.17, 15) is 10.1 Å². The van der Waals surface area contributed by atoms with Crippen molar-refractivity contribution in [3.05, 3.63) is 88.7 Å². The number of nitrogens with zero attached hydrogens (tertiary/aromatic N) is 1. The van der Waals surface area contributed by atoms with Gasteiger partial charge in [-0.05, 0) is 113 Å². The number of ether oxygens (including phenoxy) is 2. The zero-order chi connectivity index (χ0) is 34.1. The molecule has 0 aromatic heterocycles. The molecule has 2 saturated carbocycles. The Morgan fingerprint density at radius 2 is 1.88 bits per heavy atom. The van der Waals surface area contributed by atoms with Crippen molar-refractivity contribution in [1.29, 1.82) is 5.26 Å². The second-order valence-electron chi connectivity index (χ2n) is 14.5. The predicted molar refractivity (Wildman–Crippen MR) is 202 cm³/mol. The maximum Gasteiger partial charge on any atom is 0.235 e. The molecule has 2 fully saturated rings. The number of hydrogen-bond acceptors (Lipinski definition) is 5. The summed E-state index contributed by atoms with van der Waals surface area (Å²) in [6.45, 7) is 12.2. The van der Waals surface area contributed by atoms with E-state index in [1.54, 1.807) is 0 Å². The molecule has 2 atom stereocenters. The molecule has 1 aliphatic heterocycles. The monoisotopic (exact) mass is 665 g/mol. The summed E-state index contributed by atoms with van der Waals surface area (Å²) in [7, 11) is 0. The average Bonchev–Trinajstić information content (AvgIpc) is 3.67. The first-order valence-electron chi connectivity index (χ1n) is 18.3. The fraction of sp³-hybridized carbons (Fsp3) is 0.535. The molecular weight excluding hydrogens is 606 g/mol. The first-order chi connectivity index (χ1) is 23.3. The molecule has 6 nitrogen and oxygen atoms in total. The molecule has 49 heavy (non-hydrogen) atoms. The fourth-order valence-electron chi connectivity index (χ4n) is 7.83. The summed E-state index contributed by atoms with van der Waals surface area (Å²) in [5.74, 6) is 3.48. The lowest BCUT2D eigenvalue weighted by Gasteiger charge is -2.38. The van der Waals surface area contributed by atoms with Crippen LogP contribution in [0.4, 0.5) is 5.69 Å². The van der Waals surface area contributed by atoms with E-state index < -0.39 is 5.41 Å². The summed E-state index contributed by atoms with van der Waals surface area (Å²) in [6, 6.07) is 16.8. The Kier molecular flexibility index (Phi) is 13.3. The van der Waals surface area contributed by atoms with Crippen LogP contribution in [0, 0.1) is 23.2 Å². The largest absolute Gasteiger partial charge is 0.493 e. The molecule has 264 valence electrons. The minimum absolute atomic E-state index is 0. The molecule has 3 aliphatic rings. The molecule has 2 unspecified atom stereocenters. The van der Waals surface area contributed by atoms with Crippen molar-refractivity contribution in [1.82, 2.24) is 5.32 Å². The Bertz CT molecular complexity index is 1550. The summed E-state index contributed by atoms with van der Waals surface area (Å²) < 4.78 is 13.0. The lowest BCUT2D eigenvalue weighted by atomic mass is 9.75. The number of carbonyl (C=O) groups excluding carboxylic acids is 1. The summed E-state index contributed by atoms with van der Waals surface area (Å²) >= 11 is 0. The highest BCUT2D eigenvalue weighted by Gasteiger charge is 2.50. The van der Waals surface area contributed by atoms with Gasteiger partial charge in [0.15, 0.2) is 0 Å². The Morgan fingerprint density at radius 1 is 1.14 bits per heavy atom. The third-order valence-corrected chi connectivity index (χ3v) is 11.0. The summed E-state index contributed by atoms with van der Waals surface area (Å²) in [5, 5.41) is 17.0. The molecule has 0 saturated heterocycles. The molecule has 1 spiro atoms. The van der Waals surface area contributed by atoms with Crippen molar-refractivity contribution >= 4 is 11.6 Å². The van der Waals surface area contributed by atoms with Gasteiger partial charge in [0.1, 0.15) is 23.3 Å². The molecular formula is C43H59N3O3. The molecule has 2 N–H and O–H groups in total. The van der Waals surface area contributed by atoms with Gasteiger partial charge in [-0.1, -0.05) is 77.3 Å². The second kappa shape index (κ2) is 17.2. The van der Waals surface area contributed by atoms with Gasteiger partial charge in [-0.15, -0.1) is 0 Å². The minimum Gasteiger partial charge on any atom is -0.493 e. The molecule has 2 aromatic rings. The minimum atomic E-state index is -0.412. The topological polar surface area (TPSA) is 83.4 Å². The molecule has 2 aromatic carbocycles. The number of rotatable bonds is 16. The quantitative estimate of drug-likeness (QED) is 0.106. The molecule has 1 heterocycles. The van der Waals surface area contributed by atoms with Crippen molar-refractivity contribution in [2.45, 2.75) is 124 Å². The normalized spacial score (nSPS) is 19.3. The number of hydrogen-bond donors (Lipinski definition) is 2. The average molecular weight is 666 g/mol. The van der Waals surface area contributed by atoms with Gasteiger partial charge in [-0.3, -0.25) is 4.79 Å². The van der Waals surface area contributed by atoms with E-state index in [1.807, 2.05) is 56.3 Å². The van der Waals surface area contributed by atoms with Crippen LogP contribution >= 0.6 is 0 Å². The zero-order valence-corrected chi connectivity index (χ0v) is 29.8. The van der Waals surface area contributed by atoms with Gasteiger partial charge in [0, 0.05) is 29.3 Å². The predicted octanol–water partition coefficient (Wildman–Crippen LogP) is 10.4. The van der Waals surface area contributed by atoms with Gasteiger partial charge >= 0.3 is 0 Å². The van der Waals surface area contributed by atoms with Crippen molar-refractivity contribution in [2.24, 2.45) is 11.8 Å². The number of amides is 1. The van der Waals surface area contributed by atoms with E-state index in [1.165, 1.54) is 24.8 Å². The Morgan fingerprint density at radius 3 is 2.49 bits per heavy atom. The smallest absolute Gasteiger partial charge is 0.235 e. The Hall–Kier alpha value is -3.82. The first kappa shape index (κ1) is 38.0. The van der Waals surface area contributed by atoms with Crippen LogP contribution in [0.15, 0.2) is 77.6 Å².